The van der Waals surface area contributed by atoms with Crippen molar-refractivity contribution < 1.29 is 4.42 Å². The molecule has 1 aromatic carbocycles. The van der Waals surface area contributed by atoms with Gasteiger partial charge in [-0.1, -0.05) is 28.8 Å². The molecule has 108 valence electrons. The van der Waals surface area contributed by atoms with Crippen molar-refractivity contribution in [3.8, 4) is 0 Å². The number of halogens is 2. The van der Waals surface area contributed by atoms with Crippen molar-refractivity contribution in [2.24, 2.45) is 5.73 Å². The second-order valence-corrected chi connectivity index (χ2v) is 5.11. The fourth-order valence-corrected chi connectivity index (χ4v) is 2.62. The Morgan fingerprint density at radius 1 is 1.40 bits per heavy atom. The summed E-state index contributed by atoms with van der Waals surface area (Å²) in [6.45, 7) is 2.05. The van der Waals surface area contributed by atoms with Crippen LogP contribution in [0.3, 0.4) is 0 Å². The molecular formula is C13H16Cl2N4O. The van der Waals surface area contributed by atoms with Gasteiger partial charge in [-0.15, -0.1) is 17.5 Å². The molecule has 1 aliphatic heterocycles. The maximum Gasteiger partial charge on any atom is 0.318 e. The van der Waals surface area contributed by atoms with Gasteiger partial charge in [0.2, 0.25) is 5.89 Å². The van der Waals surface area contributed by atoms with Gasteiger partial charge in [0.15, 0.2) is 0 Å². The topological polar surface area (TPSA) is 68.2 Å². The van der Waals surface area contributed by atoms with Gasteiger partial charge in [-0.3, -0.25) is 0 Å². The fraction of sp³-hybridized carbons (Fsp3) is 0.385. The molecule has 1 aromatic heterocycles. The Balaban J connectivity index is 0.00000147. The van der Waals surface area contributed by atoms with E-state index < -0.39 is 0 Å². The average molecular weight is 315 g/mol. The van der Waals surface area contributed by atoms with Crippen LogP contribution in [-0.4, -0.2) is 23.3 Å². The molecule has 2 aromatic rings. The number of anilines is 1. The second kappa shape index (κ2) is 6.43. The third kappa shape index (κ3) is 3.06. The molecule has 1 unspecified atom stereocenters. The minimum Gasteiger partial charge on any atom is -0.407 e. The van der Waals surface area contributed by atoms with Gasteiger partial charge < -0.3 is 15.1 Å². The molecule has 0 spiro atoms. The molecule has 3 rings (SSSR count). The molecule has 20 heavy (non-hydrogen) atoms. The van der Waals surface area contributed by atoms with Crippen molar-refractivity contribution in [3.05, 3.63) is 40.7 Å². The lowest BCUT2D eigenvalue weighted by atomic mass is 9.99. The van der Waals surface area contributed by atoms with Crippen LogP contribution in [0.5, 0.6) is 0 Å². The molecule has 1 saturated heterocycles. The number of nitrogens with zero attached hydrogens (tertiary/aromatic N) is 3. The first-order chi connectivity index (χ1) is 9.26. The molecule has 0 bridgehead atoms. The van der Waals surface area contributed by atoms with E-state index in [2.05, 4.69) is 21.2 Å². The summed E-state index contributed by atoms with van der Waals surface area (Å²) in [7, 11) is 0. The van der Waals surface area contributed by atoms with E-state index in [9.17, 15) is 0 Å². The van der Waals surface area contributed by atoms with E-state index in [1.54, 1.807) is 0 Å². The summed E-state index contributed by atoms with van der Waals surface area (Å²) in [6, 6.07) is 8.57. The Morgan fingerprint density at radius 3 is 2.95 bits per heavy atom. The summed E-state index contributed by atoms with van der Waals surface area (Å²) in [5, 5.41) is 8.68. The number of nitrogens with two attached hydrogens (primary N) is 1. The molecule has 0 amide bonds. The van der Waals surface area contributed by atoms with Crippen LogP contribution >= 0.6 is 24.0 Å². The lowest BCUT2D eigenvalue weighted by molar-refractivity contribution is 0.491. The Kier molecular flexibility index (Phi) is 4.86. The van der Waals surface area contributed by atoms with E-state index in [1.165, 1.54) is 5.56 Å². The van der Waals surface area contributed by atoms with Gasteiger partial charge >= 0.3 is 6.01 Å². The summed E-state index contributed by atoms with van der Waals surface area (Å²) in [6.07, 6.45) is 1.06. The Labute approximate surface area is 128 Å². The number of benzene rings is 1. The minimum atomic E-state index is 0. The lowest BCUT2D eigenvalue weighted by Gasteiger charge is -2.13. The molecule has 7 heteroatoms. The second-order valence-electron chi connectivity index (χ2n) is 4.67. The zero-order chi connectivity index (χ0) is 13.2. The van der Waals surface area contributed by atoms with Gasteiger partial charge in [-0.2, -0.15) is 0 Å². The molecule has 1 atom stereocenters. The first-order valence-corrected chi connectivity index (χ1v) is 6.67. The summed E-state index contributed by atoms with van der Waals surface area (Å²) in [5.74, 6) is 0.924. The van der Waals surface area contributed by atoms with Gasteiger partial charge in [0.1, 0.15) is 0 Å². The third-order valence-corrected chi connectivity index (χ3v) is 3.64. The van der Waals surface area contributed by atoms with Crippen molar-refractivity contribution in [1.82, 2.24) is 10.2 Å². The molecule has 5 nitrogen and oxygen atoms in total. The Hall–Kier alpha value is -1.30. The van der Waals surface area contributed by atoms with E-state index in [0.717, 1.165) is 24.5 Å². The van der Waals surface area contributed by atoms with Gasteiger partial charge in [0.25, 0.3) is 0 Å². The minimum absolute atomic E-state index is 0. The smallest absolute Gasteiger partial charge is 0.318 e. The van der Waals surface area contributed by atoms with Crippen LogP contribution in [0.4, 0.5) is 6.01 Å². The van der Waals surface area contributed by atoms with Gasteiger partial charge in [-0.05, 0) is 24.1 Å². The first-order valence-electron chi connectivity index (χ1n) is 6.29. The van der Waals surface area contributed by atoms with E-state index in [0.29, 0.717) is 17.8 Å². The van der Waals surface area contributed by atoms with E-state index >= 15 is 0 Å². The molecule has 2 heterocycles. The highest BCUT2D eigenvalue weighted by molar-refractivity contribution is 6.30. The largest absolute Gasteiger partial charge is 0.407 e. The average Bonchev–Trinajstić information content (AvgIpc) is 3.07. The number of rotatable bonds is 3. The normalized spacial score (nSPS) is 18.1. The van der Waals surface area contributed by atoms with Crippen LogP contribution in [0.2, 0.25) is 5.02 Å². The molecule has 0 saturated carbocycles. The highest BCUT2D eigenvalue weighted by atomic mass is 35.5. The van der Waals surface area contributed by atoms with Crippen molar-refractivity contribution >= 4 is 30.0 Å². The summed E-state index contributed by atoms with van der Waals surface area (Å²) in [5.41, 5.74) is 6.73. The van der Waals surface area contributed by atoms with Crippen LogP contribution in [0.15, 0.2) is 28.7 Å². The van der Waals surface area contributed by atoms with E-state index in [4.69, 9.17) is 21.8 Å². The summed E-state index contributed by atoms with van der Waals surface area (Å²) in [4.78, 5) is 2.09. The molecule has 2 N–H and O–H groups in total. The molecule has 1 aliphatic rings. The fourth-order valence-electron chi connectivity index (χ4n) is 2.42. The first kappa shape index (κ1) is 15.1. The van der Waals surface area contributed by atoms with Crippen LogP contribution in [0, 0.1) is 0 Å². The molecule has 0 aliphatic carbocycles. The number of aromatic nitrogens is 2. The van der Waals surface area contributed by atoms with Crippen LogP contribution < -0.4 is 10.6 Å². The van der Waals surface area contributed by atoms with Crippen LogP contribution in [-0.2, 0) is 6.54 Å². The van der Waals surface area contributed by atoms with E-state index in [-0.39, 0.29) is 19.0 Å². The number of hydrogen-bond acceptors (Lipinski definition) is 5. The van der Waals surface area contributed by atoms with E-state index in [1.807, 2.05) is 18.2 Å². The maximum absolute atomic E-state index is 6.03. The quantitative estimate of drug-likeness (QED) is 0.943. The SMILES string of the molecule is Cl.NCc1nnc(N2CCC(c3cccc(Cl)c3)C2)o1. The monoisotopic (exact) mass is 314 g/mol. The summed E-state index contributed by atoms with van der Waals surface area (Å²) >= 11 is 6.03. The van der Waals surface area contributed by atoms with Gasteiger partial charge in [-0.25, -0.2) is 0 Å². The molecule has 0 radical (unpaired) electrons. The zero-order valence-corrected chi connectivity index (χ0v) is 12.4. The van der Waals surface area contributed by atoms with Crippen molar-refractivity contribution in [1.29, 1.82) is 0 Å². The predicted octanol–water partition coefficient (Wildman–Crippen LogP) is 2.60. The highest BCUT2D eigenvalue weighted by Gasteiger charge is 2.27. The maximum atomic E-state index is 6.03. The Morgan fingerprint density at radius 2 is 2.25 bits per heavy atom. The van der Waals surface area contributed by atoms with Crippen LogP contribution in [0.25, 0.3) is 0 Å². The standard InChI is InChI=1S/C13H15ClN4O.ClH/c14-11-3-1-2-9(6-11)10-4-5-18(8-10)13-17-16-12(7-15)19-13;/h1-3,6,10H,4-5,7-8,15H2;1H. The molecule has 1 fully saturated rings. The van der Waals surface area contributed by atoms with Gasteiger partial charge in [0.05, 0.1) is 6.54 Å². The van der Waals surface area contributed by atoms with Gasteiger partial charge in [0, 0.05) is 24.0 Å². The summed E-state index contributed by atoms with van der Waals surface area (Å²) < 4.78 is 5.48. The van der Waals surface area contributed by atoms with Crippen LogP contribution in [0.1, 0.15) is 23.8 Å². The Bertz CT molecular complexity index is 575. The molecular weight excluding hydrogens is 299 g/mol. The van der Waals surface area contributed by atoms with Crippen molar-refractivity contribution in [3.63, 3.8) is 0 Å². The van der Waals surface area contributed by atoms with Crippen molar-refractivity contribution in [2.45, 2.75) is 18.9 Å². The highest BCUT2D eigenvalue weighted by Crippen LogP contribution is 2.31. The lowest BCUT2D eigenvalue weighted by Crippen LogP contribution is -2.19. The van der Waals surface area contributed by atoms with Crippen molar-refractivity contribution in [2.75, 3.05) is 18.0 Å². The zero-order valence-electron chi connectivity index (χ0n) is 10.8. The third-order valence-electron chi connectivity index (χ3n) is 3.41. The predicted molar refractivity (Wildman–Crippen MR) is 80.5 cm³/mol. The number of hydrogen-bond donors (Lipinski definition) is 1.